The van der Waals surface area contributed by atoms with Crippen molar-refractivity contribution in [2.45, 2.75) is 69.0 Å². The predicted molar refractivity (Wildman–Crippen MR) is 152 cm³/mol. The van der Waals surface area contributed by atoms with E-state index in [1.165, 1.54) is 23.1 Å². The molecule has 1 saturated carbocycles. The number of nitrogens with one attached hydrogen (secondary N) is 1. The first-order valence-electron chi connectivity index (χ1n) is 14.0. The quantitative estimate of drug-likeness (QED) is 0.391. The molecule has 6 nitrogen and oxygen atoms in total. The van der Waals surface area contributed by atoms with Crippen molar-refractivity contribution < 1.29 is 19.7 Å². The van der Waals surface area contributed by atoms with Gasteiger partial charge in [-0.15, -0.1) is 0 Å². The maximum atomic E-state index is 13.0. The number of aliphatic hydroxyl groups is 2. The second-order valence-corrected chi connectivity index (χ2v) is 13.0. The predicted octanol–water partition coefficient (Wildman–Crippen LogP) is 5.12. The van der Waals surface area contributed by atoms with E-state index in [2.05, 4.69) is 21.8 Å². The molecular weight excluding hydrogens is 520 g/mol. The second-order valence-electron chi connectivity index (χ2n) is 11.7. The van der Waals surface area contributed by atoms with Crippen molar-refractivity contribution in [3.63, 3.8) is 0 Å². The summed E-state index contributed by atoms with van der Waals surface area (Å²) in [5, 5.41) is 22.4. The van der Waals surface area contributed by atoms with Crippen LogP contribution in [0.3, 0.4) is 0 Å². The number of halogens is 1. The molecule has 38 heavy (non-hydrogen) atoms. The molecule has 8 heteroatoms. The fourth-order valence-electron chi connectivity index (χ4n) is 7.00. The summed E-state index contributed by atoms with van der Waals surface area (Å²) in [6.07, 6.45) is 5.99. The molecule has 0 aromatic heterocycles. The zero-order valence-electron chi connectivity index (χ0n) is 21.7. The van der Waals surface area contributed by atoms with Crippen LogP contribution in [0.2, 0.25) is 5.02 Å². The third-order valence-corrected chi connectivity index (χ3v) is 10.2. The van der Waals surface area contributed by atoms with Gasteiger partial charge >= 0.3 is 0 Å². The molecule has 0 unspecified atom stereocenters. The zero-order valence-corrected chi connectivity index (χ0v) is 23.3. The van der Waals surface area contributed by atoms with E-state index in [4.69, 9.17) is 16.3 Å². The summed E-state index contributed by atoms with van der Waals surface area (Å²) in [6, 6.07) is 12.1. The number of carbonyl (C=O) groups is 1. The molecule has 1 amide bonds. The van der Waals surface area contributed by atoms with Gasteiger partial charge in [-0.2, -0.15) is 0 Å². The number of hydrogen-bond donors (Lipinski definition) is 3. The van der Waals surface area contributed by atoms with Crippen molar-refractivity contribution in [2.75, 3.05) is 30.3 Å². The van der Waals surface area contributed by atoms with Crippen LogP contribution in [0.5, 0.6) is 5.75 Å². The SMILES string of the molecule is O=C1NSCCC[C@H](O)C[C@H](O)[C@@H]2CC[C@H]2CN2C[C@@]3(CCCc4cc(Cl)ccc43)COc3ccc1cc32. The third kappa shape index (κ3) is 5.15. The Hall–Kier alpha value is -1.93. The van der Waals surface area contributed by atoms with Crippen molar-refractivity contribution >= 4 is 35.1 Å². The Bertz CT molecular complexity index is 1190. The first-order chi connectivity index (χ1) is 18.4. The number of amides is 1. The van der Waals surface area contributed by atoms with Crippen LogP contribution >= 0.6 is 23.5 Å². The molecule has 1 fully saturated rings. The van der Waals surface area contributed by atoms with Crippen molar-refractivity contribution in [2.24, 2.45) is 11.8 Å². The molecule has 0 radical (unpaired) electrons. The minimum Gasteiger partial charge on any atom is -0.490 e. The maximum Gasteiger partial charge on any atom is 0.261 e. The van der Waals surface area contributed by atoms with Crippen molar-refractivity contribution in [1.29, 1.82) is 0 Å². The number of nitrogens with zero attached hydrogens (tertiary/aromatic N) is 1. The number of ether oxygens (including phenoxy) is 1. The topological polar surface area (TPSA) is 82.0 Å². The van der Waals surface area contributed by atoms with E-state index in [1.807, 2.05) is 24.3 Å². The van der Waals surface area contributed by atoms with Gasteiger partial charge in [-0.25, -0.2) is 0 Å². The molecular formula is C30H37ClN2O4S. The average molecular weight is 557 g/mol. The van der Waals surface area contributed by atoms with Crippen LogP contribution in [0, 0.1) is 11.8 Å². The van der Waals surface area contributed by atoms with Gasteiger partial charge in [0.1, 0.15) is 5.75 Å². The van der Waals surface area contributed by atoms with Crippen LogP contribution in [-0.2, 0) is 11.8 Å². The van der Waals surface area contributed by atoms with Gasteiger partial charge < -0.3 is 19.8 Å². The zero-order chi connectivity index (χ0) is 26.3. The minimum atomic E-state index is -0.518. The molecule has 2 heterocycles. The fraction of sp³-hybridized carbons (Fsp3) is 0.567. The average Bonchev–Trinajstić information content (AvgIpc) is 3.02. The number of rotatable bonds is 0. The number of anilines is 1. The lowest BCUT2D eigenvalue weighted by molar-refractivity contribution is -0.0173. The molecule has 6 rings (SSSR count). The van der Waals surface area contributed by atoms with Gasteiger partial charge in [-0.3, -0.25) is 9.52 Å². The van der Waals surface area contributed by atoms with Crippen LogP contribution in [0.25, 0.3) is 0 Å². The van der Waals surface area contributed by atoms with Gasteiger partial charge in [0.25, 0.3) is 5.91 Å². The minimum absolute atomic E-state index is 0.112. The lowest BCUT2D eigenvalue weighted by Gasteiger charge is -2.46. The Labute approximate surface area is 234 Å². The maximum absolute atomic E-state index is 13.0. The molecule has 2 aromatic rings. The summed E-state index contributed by atoms with van der Waals surface area (Å²) in [6.45, 7) is 2.16. The van der Waals surface area contributed by atoms with Crippen molar-refractivity contribution in [3.05, 3.63) is 58.1 Å². The van der Waals surface area contributed by atoms with Gasteiger partial charge in [-0.1, -0.05) is 29.6 Å². The Balaban J connectivity index is 1.38. The first kappa shape index (κ1) is 26.3. The Morgan fingerprint density at radius 2 is 2.00 bits per heavy atom. The normalized spacial score (nSPS) is 31.8. The standard InChI is InChI=1S/C30H37ClN2O4S/c31-22-7-9-25-19(13-22)3-1-11-30(25)17-33-16-21-5-8-24(21)27(35)15-23(34)4-2-12-38-32-29(36)20-6-10-28(37-18-30)26(33)14-20/h6-7,9-10,13-14,21,23-24,27,34-35H,1-5,8,11-12,15-18H2,(H,32,36)/t21-,23-,24+,27-,30-/m0/s1. The molecule has 2 bridgehead atoms. The molecule has 5 atom stereocenters. The highest BCUT2D eigenvalue weighted by Crippen LogP contribution is 2.47. The fourth-order valence-corrected chi connectivity index (χ4v) is 7.86. The summed E-state index contributed by atoms with van der Waals surface area (Å²) < 4.78 is 9.51. The summed E-state index contributed by atoms with van der Waals surface area (Å²) in [4.78, 5) is 15.4. The summed E-state index contributed by atoms with van der Waals surface area (Å²) >= 11 is 7.75. The van der Waals surface area contributed by atoms with Gasteiger partial charge in [-0.05, 0) is 105 Å². The van der Waals surface area contributed by atoms with Crippen LogP contribution < -0.4 is 14.4 Å². The molecule has 2 aliphatic heterocycles. The highest BCUT2D eigenvalue weighted by Gasteiger charge is 2.44. The highest BCUT2D eigenvalue weighted by atomic mass is 35.5. The van der Waals surface area contributed by atoms with Crippen LogP contribution in [0.15, 0.2) is 36.4 Å². The van der Waals surface area contributed by atoms with E-state index < -0.39 is 12.2 Å². The van der Waals surface area contributed by atoms with E-state index in [0.29, 0.717) is 30.9 Å². The molecule has 3 N–H and O–H groups in total. The van der Waals surface area contributed by atoms with E-state index >= 15 is 0 Å². The summed E-state index contributed by atoms with van der Waals surface area (Å²) in [5.74, 6) is 1.92. The number of carbonyl (C=O) groups excluding carboxylic acids is 1. The third-order valence-electron chi connectivity index (χ3n) is 9.19. The van der Waals surface area contributed by atoms with E-state index in [-0.39, 0.29) is 17.2 Å². The van der Waals surface area contributed by atoms with Crippen LogP contribution in [-0.4, -0.2) is 53.8 Å². The number of benzene rings is 2. The summed E-state index contributed by atoms with van der Waals surface area (Å²) in [7, 11) is 0. The molecule has 4 aliphatic rings. The lowest BCUT2D eigenvalue weighted by Crippen LogP contribution is -2.50. The highest BCUT2D eigenvalue weighted by molar-refractivity contribution is 7.97. The number of fused-ring (bicyclic) bond motifs is 4. The van der Waals surface area contributed by atoms with Gasteiger partial charge in [0, 0.05) is 34.8 Å². The smallest absolute Gasteiger partial charge is 0.261 e. The monoisotopic (exact) mass is 556 g/mol. The van der Waals surface area contributed by atoms with Crippen LogP contribution in [0.4, 0.5) is 5.69 Å². The van der Waals surface area contributed by atoms with Crippen LogP contribution in [0.1, 0.15) is 66.4 Å². The van der Waals surface area contributed by atoms with Gasteiger partial charge in [0.15, 0.2) is 0 Å². The molecule has 1 spiro atoms. The molecule has 0 saturated heterocycles. The second kappa shape index (κ2) is 10.9. The lowest BCUT2D eigenvalue weighted by atomic mass is 9.68. The largest absolute Gasteiger partial charge is 0.490 e. The van der Waals surface area contributed by atoms with E-state index in [1.54, 1.807) is 0 Å². The van der Waals surface area contributed by atoms with Crippen molar-refractivity contribution in [3.8, 4) is 5.75 Å². The Morgan fingerprint density at radius 1 is 1.11 bits per heavy atom. The molecule has 2 aromatic carbocycles. The molecule has 2 aliphatic carbocycles. The van der Waals surface area contributed by atoms with E-state index in [9.17, 15) is 15.0 Å². The molecule has 204 valence electrons. The van der Waals surface area contributed by atoms with E-state index in [0.717, 1.165) is 73.8 Å². The Kier molecular flexibility index (Phi) is 7.55. The van der Waals surface area contributed by atoms with Gasteiger partial charge in [0.2, 0.25) is 0 Å². The van der Waals surface area contributed by atoms with Gasteiger partial charge in [0.05, 0.1) is 24.5 Å². The number of aliphatic hydroxyl groups excluding tert-OH is 2. The first-order valence-corrected chi connectivity index (χ1v) is 15.4. The number of aryl methyl sites for hydroxylation is 1. The number of hydrogen-bond acceptors (Lipinski definition) is 6. The summed E-state index contributed by atoms with van der Waals surface area (Å²) in [5.41, 5.74) is 4.01. The van der Waals surface area contributed by atoms with Crippen molar-refractivity contribution in [1.82, 2.24) is 4.72 Å². The Morgan fingerprint density at radius 3 is 2.84 bits per heavy atom.